The molecule has 12 nitrogen and oxygen atoms in total. The monoisotopic (exact) mass is 738 g/mol. The number of fused-ring (bicyclic) bond motifs is 3. The molecule has 7 rings (SSSR count). The summed E-state index contributed by atoms with van der Waals surface area (Å²) in [5.41, 5.74) is 0.702. The average molecular weight is 739 g/mol. The van der Waals surface area contributed by atoms with Gasteiger partial charge in [0.05, 0.1) is 31.5 Å². The zero-order chi connectivity index (χ0) is 37.2. The van der Waals surface area contributed by atoms with Gasteiger partial charge in [0.2, 0.25) is 11.8 Å². The minimum absolute atomic E-state index is 0.127. The number of sulfonamides is 1. The van der Waals surface area contributed by atoms with Crippen molar-refractivity contribution in [3.63, 3.8) is 0 Å². The third-order valence-electron chi connectivity index (χ3n) is 10.1. The number of carbonyl (C=O) groups excluding carboxylic acids is 3. The maximum Gasteiger partial charge on any atom is 0.267 e. The number of nitrogens with one attached hydrogen (secondary N) is 2. The molecule has 1 saturated heterocycles. The summed E-state index contributed by atoms with van der Waals surface area (Å²) in [6.45, 7) is 1.85. The van der Waals surface area contributed by atoms with Crippen LogP contribution in [0.5, 0.6) is 17.2 Å². The van der Waals surface area contributed by atoms with Gasteiger partial charge in [-0.25, -0.2) is 18.1 Å². The van der Waals surface area contributed by atoms with Gasteiger partial charge in [-0.3, -0.25) is 14.4 Å². The van der Waals surface area contributed by atoms with E-state index < -0.39 is 45.4 Å². The lowest BCUT2D eigenvalue weighted by molar-refractivity contribution is -0.138. The number of amides is 3. The van der Waals surface area contributed by atoms with Gasteiger partial charge in [-0.15, -0.1) is 0 Å². The number of likely N-dealkylation sites (tertiary alicyclic amines) is 1. The molecule has 1 aliphatic carbocycles. The summed E-state index contributed by atoms with van der Waals surface area (Å²) in [4.78, 5) is 47.2. The fraction of sp³-hybridized carbons (Fsp3) is 0.350. The SMILES string of the molecule is COc1ccc2c(O[C@@H]3C[C@@H](C(=O)N[C@]45C[C@@H]4/C=C\CCCCCOc4ccccc4S(=O)(=O)NC5=O)N(C(C)=O)C3)cc(-c3ccccc3)nc2c1. The number of nitrogens with zero attached hydrogens (tertiary/aromatic N) is 2. The first-order valence-electron chi connectivity index (χ1n) is 17.8. The Hall–Kier alpha value is -5.43. The fourth-order valence-electron chi connectivity index (χ4n) is 7.14. The zero-order valence-electron chi connectivity index (χ0n) is 29.6. The maximum atomic E-state index is 14.1. The summed E-state index contributed by atoms with van der Waals surface area (Å²) >= 11 is 0. The van der Waals surface area contributed by atoms with Crippen molar-refractivity contribution < 1.29 is 37.0 Å². The number of allylic oxidation sites excluding steroid dienone is 1. The summed E-state index contributed by atoms with van der Waals surface area (Å²) in [7, 11) is -2.77. The summed E-state index contributed by atoms with van der Waals surface area (Å²) in [6.07, 6.45) is 6.90. The molecule has 4 atom stereocenters. The number of rotatable bonds is 6. The highest BCUT2D eigenvalue weighted by Crippen LogP contribution is 2.46. The number of methoxy groups -OCH3 is 1. The number of aromatic nitrogens is 1. The molecule has 0 bridgehead atoms. The third-order valence-corrected chi connectivity index (χ3v) is 11.5. The van der Waals surface area contributed by atoms with E-state index in [9.17, 15) is 22.8 Å². The van der Waals surface area contributed by atoms with Crippen LogP contribution in [0.4, 0.5) is 0 Å². The average Bonchev–Trinajstić information content (AvgIpc) is 3.68. The molecule has 0 radical (unpaired) electrons. The van der Waals surface area contributed by atoms with Gasteiger partial charge in [-0.05, 0) is 56.4 Å². The Labute approximate surface area is 308 Å². The standard InChI is InChI=1S/C40H42N4O8S/c1-26(45)44-25-30(52-36-23-32(27-13-7-6-8-14-27)41-33-21-29(50-2)18-19-31(33)36)22-34(44)38(46)42-40-24-28(40)15-9-4-3-5-12-20-51-35-16-10-11-17-37(35)53(48,49)43-39(40)47/h6-11,13-19,21,23,28,30,34H,3-5,12,20,22,24-25H2,1-2H3,(H,42,46)(H,43,47)/b15-9-/t28-,30+,34-,40+/m0/s1. The number of pyridine rings is 1. The van der Waals surface area contributed by atoms with Gasteiger partial charge in [0, 0.05) is 42.3 Å². The van der Waals surface area contributed by atoms with Crippen LogP contribution in [-0.4, -0.2) is 74.0 Å². The van der Waals surface area contributed by atoms with Crippen molar-refractivity contribution in [2.24, 2.45) is 5.92 Å². The van der Waals surface area contributed by atoms with Crippen molar-refractivity contribution >= 4 is 38.6 Å². The molecule has 276 valence electrons. The maximum absolute atomic E-state index is 14.1. The third kappa shape index (κ3) is 7.57. The van der Waals surface area contributed by atoms with Crippen LogP contribution in [0.15, 0.2) is 95.9 Å². The quantitative estimate of drug-likeness (QED) is 0.255. The molecule has 2 N–H and O–H groups in total. The van der Waals surface area contributed by atoms with E-state index in [1.807, 2.05) is 66.7 Å². The summed E-state index contributed by atoms with van der Waals surface area (Å²) < 4.78 is 47.2. The summed E-state index contributed by atoms with van der Waals surface area (Å²) in [5, 5.41) is 3.62. The Morgan fingerprint density at radius 1 is 1.02 bits per heavy atom. The minimum atomic E-state index is -4.36. The lowest BCUT2D eigenvalue weighted by Crippen LogP contribution is -2.56. The number of hydrogen-bond acceptors (Lipinski definition) is 9. The van der Waals surface area contributed by atoms with Gasteiger partial charge in [0.25, 0.3) is 15.9 Å². The second-order valence-corrected chi connectivity index (χ2v) is 15.3. The highest BCUT2D eigenvalue weighted by molar-refractivity contribution is 7.90. The Balaban J connectivity index is 1.15. The Kier molecular flexibility index (Phi) is 10.1. The van der Waals surface area contributed by atoms with Crippen molar-refractivity contribution in [2.45, 2.75) is 68.0 Å². The first kappa shape index (κ1) is 36.0. The first-order valence-corrected chi connectivity index (χ1v) is 19.3. The lowest BCUT2D eigenvalue weighted by atomic mass is 10.1. The van der Waals surface area contributed by atoms with Crippen LogP contribution in [-0.2, 0) is 24.4 Å². The van der Waals surface area contributed by atoms with Crippen LogP contribution in [0.3, 0.4) is 0 Å². The number of hydrogen-bond donors (Lipinski definition) is 2. The first-order chi connectivity index (χ1) is 25.6. The minimum Gasteiger partial charge on any atom is -0.497 e. The van der Waals surface area contributed by atoms with Gasteiger partial charge >= 0.3 is 0 Å². The molecular formula is C40H42N4O8S. The predicted molar refractivity (Wildman–Crippen MR) is 198 cm³/mol. The van der Waals surface area contributed by atoms with Crippen LogP contribution < -0.4 is 24.2 Å². The second-order valence-electron chi connectivity index (χ2n) is 13.7. The van der Waals surface area contributed by atoms with E-state index in [0.717, 1.165) is 36.6 Å². The molecule has 53 heavy (non-hydrogen) atoms. The van der Waals surface area contributed by atoms with Gasteiger partial charge < -0.3 is 24.4 Å². The van der Waals surface area contributed by atoms with Gasteiger partial charge in [0.15, 0.2) is 0 Å². The molecule has 3 amide bonds. The van der Waals surface area contributed by atoms with Crippen molar-refractivity contribution in [1.29, 1.82) is 0 Å². The van der Waals surface area contributed by atoms with E-state index in [-0.39, 0.29) is 35.9 Å². The Morgan fingerprint density at radius 3 is 2.60 bits per heavy atom. The van der Waals surface area contributed by atoms with E-state index >= 15 is 0 Å². The molecule has 4 aromatic rings. The second kappa shape index (κ2) is 14.9. The largest absolute Gasteiger partial charge is 0.497 e. The number of ether oxygens (including phenoxy) is 3. The fourth-order valence-corrected chi connectivity index (χ4v) is 8.33. The number of benzene rings is 3. The molecule has 2 aliphatic heterocycles. The number of carbonyl (C=O) groups is 3. The van der Waals surface area contributed by atoms with Gasteiger partial charge in [-0.1, -0.05) is 54.6 Å². The predicted octanol–water partition coefficient (Wildman–Crippen LogP) is 5.17. The highest BCUT2D eigenvalue weighted by Gasteiger charge is 2.61. The van der Waals surface area contributed by atoms with Crippen molar-refractivity contribution in [1.82, 2.24) is 19.9 Å². The molecule has 1 saturated carbocycles. The molecule has 13 heteroatoms. The van der Waals surface area contributed by atoms with Gasteiger partial charge in [-0.2, -0.15) is 0 Å². The van der Waals surface area contributed by atoms with E-state index in [1.54, 1.807) is 25.3 Å². The van der Waals surface area contributed by atoms with E-state index in [1.165, 1.54) is 17.9 Å². The molecule has 2 fully saturated rings. The van der Waals surface area contributed by atoms with Crippen LogP contribution in [0, 0.1) is 5.92 Å². The topological polar surface area (TPSA) is 153 Å². The Bertz CT molecular complexity index is 2180. The van der Waals surface area contributed by atoms with Crippen LogP contribution >= 0.6 is 0 Å². The zero-order valence-corrected chi connectivity index (χ0v) is 30.4. The normalized spacial score (nSPS) is 24.6. The molecule has 3 heterocycles. The van der Waals surface area contributed by atoms with Crippen LogP contribution in [0.1, 0.15) is 45.4 Å². The van der Waals surface area contributed by atoms with Crippen molar-refractivity contribution in [3.8, 4) is 28.5 Å². The van der Waals surface area contributed by atoms with Crippen molar-refractivity contribution in [2.75, 3.05) is 20.3 Å². The lowest BCUT2D eigenvalue weighted by Gasteiger charge is -2.25. The molecule has 0 unspecified atom stereocenters. The van der Waals surface area contributed by atoms with E-state index in [0.29, 0.717) is 29.3 Å². The van der Waals surface area contributed by atoms with E-state index in [4.69, 9.17) is 19.2 Å². The molecule has 1 aromatic heterocycles. The molecular weight excluding hydrogens is 697 g/mol. The van der Waals surface area contributed by atoms with Crippen LogP contribution in [0.2, 0.25) is 0 Å². The summed E-state index contributed by atoms with van der Waals surface area (Å²) in [6, 6.07) is 22.2. The summed E-state index contributed by atoms with van der Waals surface area (Å²) in [5.74, 6) is -0.861. The molecule has 3 aromatic carbocycles. The molecule has 3 aliphatic rings. The highest BCUT2D eigenvalue weighted by atomic mass is 32.2. The Morgan fingerprint density at radius 2 is 1.81 bits per heavy atom. The smallest absolute Gasteiger partial charge is 0.267 e. The van der Waals surface area contributed by atoms with E-state index in [2.05, 4.69) is 10.0 Å². The van der Waals surface area contributed by atoms with Gasteiger partial charge in [0.1, 0.15) is 39.8 Å². The molecule has 0 spiro atoms. The van der Waals surface area contributed by atoms with Crippen molar-refractivity contribution in [3.05, 3.63) is 91.0 Å². The number of para-hydroxylation sites is 1. The van der Waals surface area contributed by atoms with Crippen LogP contribution in [0.25, 0.3) is 22.2 Å².